The standard InChI is InChI=1S/C14H16ClNO4/c1-2-5-20-12-4-3-10(7-11(12)15)16-8-9(14(18)19)6-13(16)17/h3-4,7,9H,2,5-6,8H2,1H3,(H,18,19). The fraction of sp³-hybridized carbons (Fsp3) is 0.429. The van der Waals surface area contributed by atoms with E-state index in [-0.39, 0.29) is 18.9 Å². The van der Waals surface area contributed by atoms with Crippen molar-refractivity contribution in [2.45, 2.75) is 19.8 Å². The number of anilines is 1. The fourth-order valence-corrected chi connectivity index (χ4v) is 2.34. The molecule has 0 bridgehead atoms. The Labute approximate surface area is 122 Å². The third-order valence-electron chi connectivity index (χ3n) is 3.16. The normalized spacial score (nSPS) is 18.4. The van der Waals surface area contributed by atoms with Crippen molar-refractivity contribution in [3.63, 3.8) is 0 Å². The van der Waals surface area contributed by atoms with Gasteiger partial charge >= 0.3 is 5.97 Å². The molecule has 1 atom stereocenters. The minimum Gasteiger partial charge on any atom is -0.492 e. The van der Waals surface area contributed by atoms with Crippen LogP contribution in [-0.4, -0.2) is 30.1 Å². The monoisotopic (exact) mass is 297 g/mol. The SMILES string of the molecule is CCCOc1ccc(N2CC(C(=O)O)CC2=O)cc1Cl. The van der Waals surface area contributed by atoms with Gasteiger partial charge in [0.25, 0.3) is 0 Å². The summed E-state index contributed by atoms with van der Waals surface area (Å²) in [5.41, 5.74) is 0.604. The fourth-order valence-electron chi connectivity index (χ4n) is 2.11. The van der Waals surface area contributed by atoms with Gasteiger partial charge in [-0.2, -0.15) is 0 Å². The number of aliphatic carboxylic acids is 1. The highest BCUT2D eigenvalue weighted by atomic mass is 35.5. The molecule has 0 aromatic heterocycles. The zero-order chi connectivity index (χ0) is 14.7. The van der Waals surface area contributed by atoms with Gasteiger partial charge < -0.3 is 14.7 Å². The number of halogens is 1. The van der Waals surface area contributed by atoms with Gasteiger partial charge in [0.15, 0.2) is 0 Å². The van der Waals surface area contributed by atoms with Crippen LogP contribution in [0.4, 0.5) is 5.69 Å². The largest absolute Gasteiger partial charge is 0.492 e. The Morgan fingerprint density at radius 2 is 2.30 bits per heavy atom. The predicted octanol–water partition coefficient (Wildman–Crippen LogP) is 2.57. The van der Waals surface area contributed by atoms with E-state index in [2.05, 4.69) is 0 Å². The molecule has 1 fully saturated rings. The average Bonchev–Trinajstić information content (AvgIpc) is 2.79. The smallest absolute Gasteiger partial charge is 0.308 e. The van der Waals surface area contributed by atoms with Crippen LogP contribution >= 0.6 is 11.6 Å². The number of hydrogen-bond acceptors (Lipinski definition) is 3. The van der Waals surface area contributed by atoms with Crippen LogP contribution in [0.3, 0.4) is 0 Å². The lowest BCUT2D eigenvalue weighted by Gasteiger charge is -2.17. The van der Waals surface area contributed by atoms with E-state index in [0.717, 1.165) is 6.42 Å². The molecule has 1 amide bonds. The van der Waals surface area contributed by atoms with Crippen molar-refractivity contribution >= 4 is 29.2 Å². The van der Waals surface area contributed by atoms with Crippen LogP contribution in [0, 0.1) is 5.92 Å². The highest BCUT2D eigenvalue weighted by Gasteiger charge is 2.35. The maximum Gasteiger partial charge on any atom is 0.308 e. The summed E-state index contributed by atoms with van der Waals surface area (Å²) in [6, 6.07) is 5.06. The maximum absolute atomic E-state index is 11.8. The molecule has 1 aliphatic rings. The molecule has 6 heteroatoms. The summed E-state index contributed by atoms with van der Waals surface area (Å²) in [5, 5.41) is 9.39. The van der Waals surface area contributed by atoms with Crippen molar-refractivity contribution in [2.75, 3.05) is 18.1 Å². The van der Waals surface area contributed by atoms with Gasteiger partial charge in [0, 0.05) is 18.7 Å². The first-order valence-corrected chi connectivity index (χ1v) is 6.86. The number of nitrogens with zero attached hydrogens (tertiary/aromatic N) is 1. The van der Waals surface area contributed by atoms with Gasteiger partial charge in [0.1, 0.15) is 5.75 Å². The van der Waals surface area contributed by atoms with Gasteiger partial charge in [-0.1, -0.05) is 18.5 Å². The molecular weight excluding hydrogens is 282 g/mol. The molecule has 108 valence electrons. The summed E-state index contributed by atoms with van der Waals surface area (Å²) in [4.78, 5) is 24.2. The van der Waals surface area contributed by atoms with Gasteiger partial charge in [-0.25, -0.2) is 0 Å². The highest BCUT2D eigenvalue weighted by Crippen LogP contribution is 2.32. The first-order valence-electron chi connectivity index (χ1n) is 6.48. The molecule has 1 saturated heterocycles. The van der Waals surface area contributed by atoms with Crippen LogP contribution in [0.1, 0.15) is 19.8 Å². The molecule has 0 saturated carbocycles. The lowest BCUT2D eigenvalue weighted by atomic mass is 10.1. The lowest BCUT2D eigenvalue weighted by Crippen LogP contribution is -2.25. The number of rotatable bonds is 5. The molecule has 1 aromatic rings. The number of carboxylic acids is 1. The van der Waals surface area contributed by atoms with E-state index in [1.165, 1.54) is 4.90 Å². The summed E-state index contributed by atoms with van der Waals surface area (Å²) in [6.07, 6.45) is 0.907. The molecule has 1 N–H and O–H groups in total. The van der Waals surface area contributed by atoms with E-state index in [1.54, 1.807) is 18.2 Å². The number of ether oxygens (including phenoxy) is 1. The molecule has 1 heterocycles. The lowest BCUT2D eigenvalue weighted by molar-refractivity contribution is -0.141. The summed E-state index contributed by atoms with van der Waals surface area (Å²) >= 11 is 6.11. The number of benzene rings is 1. The Hall–Kier alpha value is -1.75. The van der Waals surface area contributed by atoms with Crippen molar-refractivity contribution in [2.24, 2.45) is 5.92 Å². The van der Waals surface area contributed by atoms with E-state index in [9.17, 15) is 9.59 Å². The molecule has 1 aliphatic heterocycles. The second-order valence-corrected chi connectivity index (χ2v) is 5.11. The second kappa shape index (κ2) is 6.13. The Kier molecular flexibility index (Phi) is 4.49. The molecule has 5 nitrogen and oxygen atoms in total. The van der Waals surface area contributed by atoms with E-state index >= 15 is 0 Å². The molecule has 1 unspecified atom stereocenters. The Bertz CT molecular complexity index is 532. The summed E-state index contributed by atoms with van der Waals surface area (Å²) in [7, 11) is 0. The second-order valence-electron chi connectivity index (χ2n) is 4.71. The number of carboxylic acid groups (broad SMARTS) is 1. The van der Waals surface area contributed by atoms with Gasteiger partial charge in [-0.15, -0.1) is 0 Å². The molecule has 2 rings (SSSR count). The zero-order valence-electron chi connectivity index (χ0n) is 11.1. The van der Waals surface area contributed by atoms with Crippen LogP contribution in [0.15, 0.2) is 18.2 Å². The van der Waals surface area contributed by atoms with Gasteiger partial charge in [0.2, 0.25) is 5.91 Å². The van der Waals surface area contributed by atoms with Crippen LogP contribution in [0.2, 0.25) is 5.02 Å². The van der Waals surface area contributed by atoms with Crippen molar-refractivity contribution in [1.82, 2.24) is 0 Å². The predicted molar refractivity (Wildman–Crippen MR) is 75.3 cm³/mol. The molecule has 20 heavy (non-hydrogen) atoms. The Morgan fingerprint density at radius 1 is 1.55 bits per heavy atom. The molecule has 0 radical (unpaired) electrons. The van der Waals surface area contributed by atoms with Crippen molar-refractivity contribution in [3.05, 3.63) is 23.2 Å². The van der Waals surface area contributed by atoms with E-state index in [1.807, 2.05) is 6.92 Å². The number of amides is 1. The third kappa shape index (κ3) is 3.04. The summed E-state index contributed by atoms with van der Waals surface area (Å²) < 4.78 is 5.46. The Balaban J connectivity index is 2.15. The van der Waals surface area contributed by atoms with E-state index in [4.69, 9.17) is 21.4 Å². The van der Waals surface area contributed by atoms with Crippen LogP contribution in [0.25, 0.3) is 0 Å². The van der Waals surface area contributed by atoms with Gasteiger partial charge in [-0.3, -0.25) is 9.59 Å². The zero-order valence-corrected chi connectivity index (χ0v) is 11.9. The number of carbonyl (C=O) groups is 2. The highest BCUT2D eigenvalue weighted by molar-refractivity contribution is 6.32. The van der Waals surface area contributed by atoms with E-state index in [0.29, 0.717) is 23.1 Å². The quantitative estimate of drug-likeness (QED) is 0.907. The molecule has 0 aliphatic carbocycles. The van der Waals surface area contributed by atoms with Crippen LogP contribution in [0.5, 0.6) is 5.75 Å². The third-order valence-corrected chi connectivity index (χ3v) is 3.46. The summed E-state index contributed by atoms with van der Waals surface area (Å²) in [6.45, 7) is 2.75. The Morgan fingerprint density at radius 3 is 2.85 bits per heavy atom. The van der Waals surface area contributed by atoms with E-state index < -0.39 is 11.9 Å². The average molecular weight is 298 g/mol. The van der Waals surface area contributed by atoms with Gasteiger partial charge in [0.05, 0.1) is 17.5 Å². The number of hydrogen-bond donors (Lipinski definition) is 1. The molecule has 0 spiro atoms. The van der Waals surface area contributed by atoms with Gasteiger partial charge in [-0.05, 0) is 24.6 Å². The van der Waals surface area contributed by atoms with Crippen molar-refractivity contribution in [3.8, 4) is 5.75 Å². The first kappa shape index (κ1) is 14.7. The van der Waals surface area contributed by atoms with Crippen LogP contribution < -0.4 is 9.64 Å². The molecular formula is C14H16ClNO4. The number of carbonyl (C=O) groups excluding carboxylic acids is 1. The minimum absolute atomic E-state index is 0.0288. The summed E-state index contributed by atoms with van der Waals surface area (Å²) in [5.74, 6) is -1.23. The van der Waals surface area contributed by atoms with Crippen molar-refractivity contribution < 1.29 is 19.4 Å². The first-order chi connectivity index (χ1) is 9.52. The molecule has 1 aromatic carbocycles. The van der Waals surface area contributed by atoms with Crippen molar-refractivity contribution in [1.29, 1.82) is 0 Å². The topological polar surface area (TPSA) is 66.8 Å². The maximum atomic E-state index is 11.8. The van der Waals surface area contributed by atoms with Crippen LogP contribution in [-0.2, 0) is 9.59 Å². The minimum atomic E-state index is -0.949.